The Bertz CT molecular complexity index is 1180. The molecule has 6 nitrogen and oxygen atoms in total. The number of benzene rings is 1. The summed E-state index contributed by atoms with van der Waals surface area (Å²) in [6, 6.07) is 3.89. The molecule has 2 aliphatic heterocycles. The number of hydrogen-bond acceptors (Lipinski definition) is 5. The number of oxazole rings is 1. The van der Waals surface area contributed by atoms with Crippen LogP contribution >= 0.6 is 11.8 Å². The van der Waals surface area contributed by atoms with E-state index in [0.717, 1.165) is 48.5 Å². The molecule has 3 atom stereocenters. The lowest BCUT2D eigenvalue weighted by Crippen LogP contribution is -2.30. The molecule has 0 radical (unpaired) electrons. The highest BCUT2D eigenvalue weighted by Gasteiger charge is 2.64. The highest BCUT2D eigenvalue weighted by Crippen LogP contribution is 2.51. The fourth-order valence-corrected chi connectivity index (χ4v) is 6.00. The maximum atomic E-state index is 14.7. The molecule has 0 N–H and O–H groups in total. The summed E-state index contributed by atoms with van der Waals surface area (Å²) in [6.45, 7) is 3.28. The first kappa shape index (κ1) is 22.4. The molecule has 2 aliphatic rings. The van der Waals surface area contributed by atoms with E-state index in [4.69, 9.17) is 4.42 Å². The van der Waals surface area contributed by atoms with Crippen molar-refractivity contribution in [3.63, 3.8) is 0 Å². The van der Waals surface area contributed by atoms with E-state index in [9.17, 15) is 17.6 Å². The van der Waals surface area contributed by atoms with Gasteiger partial charge in [0.25, 0.3) is 0 Å². The third-order valence-corrected chi connectivity index (χ3v) is 7.93. The minimum atomic E-state index is -4.67. The van der Waals surface area contributed by atoms with Crippen LogP contribution in [0.2, 0.25) is 0 Å². The number of fused-ring (bicyclic) bond motifs is 1. The van der Waals surface area contributed by atoms with Gasteiger partial charge in [0.05, 0.1) is 17.8 Å². The summed E-state index contributed by atoms with van der Waals surface area (Å²) >= 11 is 1.61. The predicted octanol–water partition coefficient (Wildman–Crippen LogP) is 5.22. The minimum absolute atomic E-state index is 0.195. The van der Waals surface area contributed by atoms with Gasteiger partial charge in [-0.2, -0.15) is 17.6 Å². The Morgan fingerprint density at radius 2 is 2.06 bits per heavy atom. The predicted molar refractivity (Wildman–Crippen MR) is 116 cm³/mol. The van der Waals surface area contributed by atoms with Gasteiger partial charge in [0, 0.05) is 31.2 Å². The Kier molecular flexibility index (Phi) is 5.51. The molecule has 0 aliphatic carbocycles. The molecule has 2 aromatic heterocycles. The Morgan fingerprint density at radius 1 is 1.24 bits per heavy atom. The zero-order chi connectivity index (χ0) is 23.4. The number of thioether (sulfide) groups is 1. The van der Waals surface area contributed by atoms with Crippen molar-refractivity contribution < 1.29 is 22.0 Å². The van der Waals surface area contributed by atoms with E-state index >= 15 is 0 Å². The summed E-state index contributed by atoms with van der Waals surface area (Å²) in [5.74, 6) is 1.35. The molecule has 0 spiro atoms. The topological polar surface area (TPSA) is 56.7 Å². The van der Waals surface area contributed by atoms with Crippen LogP contribution in [0.3, 0.4) is 0 Å². The quantitative estimate of drug-likeness (QED) is 0.152. The second-order valence-corrected chi connectivity index (χ2v) is 9.98. The van der Waals surface area contributed by atoms with Crippen LogP contribution in [-0.4, -0.2) is 44.6 Å². The second kappa shape index (κ2) is 8.12. The van der Waals surface area contributed by atoms with Crippen molar-refractivity contribution in [1.29, 1.82) is 0 Å². The van der Waals surface area contributed by atoms with Crippen LogP contribution < -0.4 is 4.48 Å². The normalized spacial score (nSPS) is 24.3. The van der Waals surface area contributed by atoms with E-state index in [1.54, 1.807) is 11.8 Å². The molecule has 3 aromatic rings. The van der Waals surface area contributed by atoms with Crippen molar-refractivity contribution in [3.05, 3.63) is 41.7 Å². The number of piperidine rings is 1. The minimum Gasteiger partial charge on any atom is -0.440 e. The summed E-state index contributed by atoms with van der Waals surface area (Å²) < 4.78 is 61.8. The molecule has 5 rings (SSSR count). The van der Waals surface area contributed by atoms with Gasteiger partial charge in [-0.1, -0.05) is 17.8 Å². The lowest BCUT2D eigenvalue weighted by Gasteiger charge is -2.20. The van der Waals surface area contributed by atoms with E-state index in [2.05, 4.69) is 15.2 Å². The van der Waals surface area contributed by atoms with Crippen LogP contribution in [0.1, 0.15) is 30.5 Å². The molecule has 33 heavy (non-hydrogen) atoms. The molecular weight excluding hydrogens is 458 g/mol. The molecule has 2 fully saturated rings. The number of rotatable bonds is 7. The number of quaternary nitrogens is 1. The van der Waals surface area contributed by atoms with Crippen molar-refractivity contribution in [2.24, 2.45) is 13.0 Å². The molecule has 1 aromatic carbocycles. The Morgan fingerprint density at radius 3 is 2.79 bits per heavy atom. The van der Waals surface area contributed by atoms with E-state index in [1.807, 2.05) is 18.5 Å². The average molecular weight is 483 g/mol. The largest absolute Gasteiger partial charge is 0.440 e. The number of halogens is 4. The molecule has 0 bridgehead atoms. The van der Waals surface area contributed by atoms with Crippen molar-refractivity contribution in [1.82, 2.24) is 24.2 Å². The number of alkyl halides is 3. The number of nitrogens with zero attached hydrogens (tertiary/aromatic N) is 5. The van der Waals surface area contributed by atoms with Crippen molar-refractivity contribution in [3.8, 4) is 11.6 Å². The van der Waals surface area contributed by atoms with Gasteiger partial charge in [0.15, 0.2) is 28.8 Å². The summed E-state index contributed by atoms with van der Waals surface area (Å²) in [5, 5.41) is 9.23. The third kappa shape index (κ3) is 3.95. The van der Waals surface area contributed by atoms with Crippen molar-refractivity contribution in [2.75, 3.05) is 18.8 Å². The molecule has 0 amide bonds. The van der Waals surface area contributed by atoms with Gasteiger partial charge in [-0.3, -0.25) is 4.48 Å². The van der Waals surface area contributed by atoms with E-state index < -0.39 is 17.6 Å². The summed E-state index contributed by atoms with van der Waals surface area (Å²) in [5.41, 5.74) is -0.214. The van der Waals surface area contributed by atoms with Crippen LogP contribution in [0.25, 0.3) is 11.6 Å². The zero-order valence-electron chi connectivity index (χ0n) is 18.3. The highest BCUT2D eigenvalue weighted by molar-refractivity contribution is 7.99. The summed E-state index contributed by atoms with van der Waals surface area (Å²) in [6.07, 6.45) is -0.465. The first-order valence-corrected chi connectivity index (χ1v) is 11.8. The first-order chi connectivity index (χ1) is 15.7. The van der Waals surface area contributed by atoms with Gasteiger partial charge in [-0.15, -0.1) is 10.2 Å². The summed E-state index contributed by atoms with van der Waals surface area (Å²) in [7, 11) is 1.88. The monoisotopic (exact) mass is 482 g/mol. The molecule has 4 heterocycles. The van der Waals surface area contributed by atoms with E-state index in [-0.39, 0.29) is 11.7 Å². The smallest absolute Gasteiger partial charge is 0.419 e. The van der Waals surface area contributed by atoms with Crippen LogP contribution in [-0.2, 0) is 13.2 Å². The standard InChI is InChI=1S/C22H24F4N5OS/c1-13-19(32-12-27-13)20-28-29-21(30(20)2)33-8-4-5-14-9-15-11-31(15,10-14)17-7-3-6-16(18(17)23)22(24,25)26/h3,6-7,12,14-15H,4-5,8-11H2,1-2H3/q+1/t14?,15-,31-/m1/s1. The van der Waals surface area contributed by atoms with Crippen LogP contribution in [0, 0.1) is 18.7 Å². The third-order valence-electron chi connectivity index (χ3n) is 6.83. The fraction of sp³-hybridized carbons (Fsp3) is 0.500. The summed E-state index contributed by atoms with van der Waals surface area (Å²) in [4.78, 5) is 4.09. The van der Waals surface area contributed by atoms with Gasteiger partial charge in [0.1, 0.15) is 12.6 Å². The second-order valence-electron chi connectivity index (χ2n) is 8.91. The molecule has 176 valence electrons. The van der Waals surface area contributed by atoms with Crippen molar-refractivity contribution >= 4 is 17.4 Å². The average Bonchev–Trinajstić information content (AvgIpc) is 3.06. The molecular formula is C22H24F4N5OS+. The van der Waals surface area contributed by atoms with Crippen molar-refractivity contribution in [2.45, 2.75) is 43.6 Å². The lowest BCUT2D eigenvalue weighted by molar-refractivity contribution is -0.140. The van der Waals surface area contributed by atoms with Gasteiger partial charge in [0.2, 0.25) is 5.82 Å². The number of aryl methyl sites for hydroxylation is 1. The number of hydrogen-bond donors (Lipinski definition) is 0. The van der Waals surface area contributed by atoms with E-state index in [0.29, 0.717) is 28.5 Å². The zero-order valence-corrected chi connectivity index (χ0v) is 19.1. The van der Waals surface area contributed by atoms with Gasteiger partial charge in [-0.05, 0) is 25.8 Å². The number of aromatic nitrogens is 4. The van der Waals surface area contributed by atoms with Gasteiger partial charge in [-0.25, -0.2) is 4.98 Å². The van der Waals surface area contributed by atoms with Gasteiger partial charge < -0.3 is 8.98 Å². The molecule has 0 saturated carbocycles. The molecule has 11 heteroatoms. The van der Waals surface area contributed by atoms with Crippen LogP contribution in [0.5, 0.6) is 0 Å². The molecule has 2 saturated heterocycles. The fourth-order valence-electron chi connectivity index (χ4n) is 5.12. The SMILES string of the molecule is Cc1ncoc1-c1nnc(SCCCC2C[C@@H]3C[N@+]3(c3cccc(C(F)(F)F)c3F)C2)n1C. The first-order valence-electron chi connectivity index (χ1n) is 10.9. The maximum Gasteiger partial charge on any atom is 0.419 e. The Labute approximate surface area is 192 Å². The maximum absolute atomic E-state index is 14.7. The Balaban J connectivity index is 1.17. The van der Waals surface area contributed by atoms with Gasteiger partial charge >= 0.3 is 6.18 Å². The Hall–Kier alpha value is -2.40. The van der Waals surface area contributed by atoms with Crippen LogP contribution in [0.15, 0.2) is 34.2 Å². The molecule has 1 unspecified atom stereocenters. The van der Waals surface area contributed by atoms with E-state index in [1.165, 1.54) is 18.5 Å². The lowest BCUT2D eigenvalue weighted by atomic mass is 10.00. The van der Waals surface area contributed by atoms with Crippen LogP contribution in [0.4, 0.5) is 23.2 Å². The highest BCUT2D eigenvalue weighted by atomic mass is 32.2.